The number of fused-ring (bicyclic) bond motifs is 2. The Kier molecular flexibility index (Phi) is 11.8. The molecule has 2 aromatic heterocycles. The minimum atomic E-state index is -4.02. The van der Waals surface area contributed by atoms with Gasteiger partial charge in [-0.2, -0.15) is 0 Å². The Morgan fingerprint density at radius 3 is 2.46 bits per heavy atom. The van der Waals surface area contributed by atoms with Crippen molar-refractivity contribution < 1.29 is 42.2 Å². The van der Waals surface area contributed by atoms with Crippen LogP contribution in [0.15, 0.2) is 60.3 Å². The van der Waals surface area contributed by atoms with E-state index < -0.39 is 74.1 Å². The van der Waals surface area contributed by atoms with E-state index in [1.165, 1.54) is 16.2 Å². The molecule has 1 saturated heterocycles. The zero-order valence-corrected chi connectivity index (χ0v) is 35.5. The minimum Gasteiger partial charge on any atom is -0.491 e. The summed E-state index contributed by atoms with van der Waals surface area (Å²) in [5, 5.41) is 15.2. The molecule has 0 radical (unpaired) electrons. The summed E-state index contributed by atoms with van der Waals surface area (Å²) in [7, 11) is -4.02. The number of sulfonamides is 1. The zero-order valence-electron chi connectivity index (χ0n) is 33.8. The average Bonchev–Trinajstić information content (AvgIpc) is 3.92. The number of aromatic nitrogens is 2. The summed E-state index contributed by atoms with van der Waals surface area (Å²) in [4.78, 5) is 66.4. The maximum absolute atomic E-state index is 14.6. The van der Waals surface area contributed by atoms with Crippen molar-refractivity contribution in [3.05, 3.63) is 60.3 Å². The molecular weight excluding hydrogens is 797 g/mol. The van der Waals surface area contributed by atoms with Crippen LogP contribution in [0, 0.1) is 17.8 Å². The lowest BCUT2D eigenvalue weighted by Gasteiger charge is -2.32. The highest BCUT2D eigenvalue weighted by Crippen LogP contribution is 2.48. The van der Waals surface area contributed by atoms with Gasteiger partial charge in [0.05, 0.1) is 39.2 Å². The number of pyridine rings is 1. The number of rotatable bonds is 10. The summed E-state index contributed by atoms with van der Waals surface area (Å²) in [6, 6.07) is 8.72. The van der Waals surface area contributed by atoms with Gasteiger partial charge >= 0.3 is 6.09 Å². The molecule has 15 nitrogen and oxygen atoms in total. The molecule has 7 rings (SSSR count). The molecule has 4 N–H and O–H groups in total. The predicted octanol–water partition coefficient (Wildman–Crippen LogP) is 5.53. The fourth-order valence-corrected chi connectivity index (χ4v) is 9.98. The van der Waals surface area contributed by atoms with E-state index in [-0.39, 0.29) is 31.4 Å². The van der Waals surface area contributed by atoms with Gasteiger partial charge in [-0.25, -0.2) is 18.2 Å². The standard InChI is InChI=1S/C42H52N6O9S2/c1-24(2)56-29-12-10-27(11-13-29)32-17-30(18-33(44-32)35-21-43-23-58-35)57-31-19-34-37(49)46-42(39(51)47-59(54,55)41(5)14-15-41)20-28(42)9-7-6-8-25(3)16-26(4)36(45-40(52)53)38(50)48(34)22-31/h7,9-13,17-18,21,23-26,28,31,34,36,45H,6,8,14-16,19-20,22H2,1-5H3,(H,46,49)(H,47,51)(H,52,53)/b9-7-/t25-,26+,28+,31+,34-,36-,42+/m0/s1. The number of carboxylic acid groups (broad SMARTS) is 1. The number of amides is 4. The number of hydrogen-bond acceptors (Lipinski definition) is 11. The van der Waals surface area contributed by atoms with E-state index >= 15 is 0 Å². The number of hydrogen-bond donors (Lipinski definition) is 4. The highest BCUT2D eigenvalue weighted by molar-refractivity contribution is 7.91. The van der Waals surface area contributed by atoms with E-state index in [0.29, 0.717) is 48.6 Å². The number of benzene rings is 1. The Balaban J connectivity index is 1.22. The van der Waals surface area contributed by atoms with Crippen molar-refractivity contribution in [2.24, 2.45) is 17.8 Å². The second-order valence-electron chi connectivity index (χ2n) is 17.0. The molecular formula is C42H52N6O9S2. The van der Waals surface area contributed by atoms with Crippen LogP contribution in [0.5, 0.6) is 11.5 Å². The van der Waals surface area contributed by atoms with Gasteiger partial charge in [0.1, 0.15) is 35.2 Å². The van der Waals surface area contributed by atoms with Crippen LogP contribution in [0.3, 0.4) is 0 Å². The van der Waals surface area contributed by atoms with Gasteiger partial charge in [-0.05, 0) is 95.4 Å². The van der Waals surface area contributed by atoms with Gasteiger partial charge in [0.25, 0.3) is 5.91 Å². The summed E-state index contributed by atoms with van der Waals surface area (Å²) >= 11 is 1.41. The number of carbonyl (C=O) groups is 4. The Labute approximate surface area is 348 Å². The van der Waals surface area contributed by atoms with Crippen molar-refractivity contribution in [1.29, 1.82) is 0 Å². The Hall–Kier alpha value is -5.03. The van der Waals surface area contributed by atoms with Crippen LogP contribution in [0.2, 0.25) is 0 Å². The van der Waals surface area contributed by atoms with Crippen LogP contribution in [0.1, 0.15) is 79.6 Å². The lowest BCUT2D eigenvalue weighted by molar-refractivity contribution is -0.142. The second kappa shape index (κ2) is 16.6. The van der Waals surface area contributed by atoms with E-state index in [2.05, 4.69) is 20.3 Å². The molecule has 0 spiro atoms. The molecule has 1 aromatic carbocycles. The lowest BCUT2D eigenvalue weighted by Crippen LogP contribution is -2.59. The first-order valence-electron chi connectivity index (χ1n) is 20.2. The number of allylic oxidation sites excluding steroid dienone is 1. The number of thiazole rings is 1. The second-order valence-corrected chi connectivity index (χ2v) is 20.1. The highest BCUT2D eigenvalue weighted by Gasteiger charge is 2.63. The van der Waals surface area contributed by atoms with Crippen molar-refractivity contribution in [1.82, 2.24) is 30.2 Å². The van der Waals surface area contributed by atoms with Gasteiger partial charge < -0.3 is 30.1 Å². The van der Waals surface area contributed by atoms with E-state index in [1.807, 2.05) is 64.1 Å². The first-order chi connectivity index (χ1) is 28.0. The number of nitrogens with one attached hydrogen (secondary N) is 3. The van der Waals surface area contributed by atoms with Gasteiger partial charge in [-0.1, -0.05) is 26.0 Å². The predicted molar refractivity (Wildman–Crippen MR) is 221 cm³/mol. The zero-order chi connectivity index (χ0) is 42.3. The van der Waals surface area contributed by atoms with Crippen LogP contribution in [-0.4, -0.2) is 93.3 Å². The third-order valence-electron chi connectivity index (χ3n) is 11.8. The van der Waals surface area contributed by atoms with Crippen LogP contribution in [0.25, 0.3) is 21.8 Å². The molecule has 2 aliphatic carbocycles. The molecule has 2 saturated carbocycles. The van der Waals surface area contributed by atoms with Gasteiger partial charge in [-0.15, -0.1) is 11.3 Å². The van der Waals surface area contributed by atoms with Crippen molar-refractivity contribution in [2.45, 2.75) is 114 Å². The Morgan fingerprint density at radius 1 is 1.07 bits per heavy atom. The van der Waals surface area contributed by atoms with Crippen molar-refractivity contribution >= 4 is 45.2 Å². The van der Waals surface area contributed by atoms with E-state index in [9.17, 15) is 32.7 Å². The largest absolute Gasteiger partial charge is 0.491 e. The SMILES string of the molecule is CC(C)Oc1ccc(-c2cc(O[C@@H]3C[C@H]4C(=O)N[C@]5(C(=O)NS(=O)(=O)C6(C)CC6)C[C@H]5/C=C\CC[C@H](C)C[C@@H](C)[C@H](NC(=O)O)C(=O)N4C3)cc(-c3cncs3)n2)cc1. The smallest absolute Gasteiger partial charge is 0.405 e. The Bertz CT molecular complexity index is 2210. The minimum absolute atomic E-state index is 0.00230. The molecule has 4 aliphatic rings. The molecule has 4 heterocycles. The van der Waals surface area contributed by atoms with Gasteiger partial charge in [0.2, 0.25) is 21.8 Å². The highest BCUT2D eigenvalue weighted by atomic mass is 32.2. The third kappa shape index (κ3) is 9.25. The van der Waals surface area contributed by atoms with Crippen LogP contribution >= 0.6 is 11.3 Å². The third-order valence-corrected chi connectivity index (χ3v) is 14.8. The molecule has 0 unspecified atom stereocenters. The molecule has 59 heavy (non-hydrogen) atoms. The average molecular weight is 849 g/mol. The summed E-state index contributed by atoms with van der Waals surface area (Å²) in [5.74, 6) is -1.73. The van der Waals surface area contributed by atoms with Gasteiger partial charge in [0, 0.05) is 36.2 Å². The molecule has 3 fully saturated rings. The molecule has 4 amide bonds. The fourth-order valence-electron chi connectivity index (χ4n) is 8.09. The molecule has 2 aliphatic heterocycles. The van der Waals surface area contributed by atoms with Gasteiger partial charge in [0.15, 0.2) is 0 Å². The van der Waals surface area contributed by atoms with E-state index in [4.69, 9.17) is 14.5 Å². The first kappa shape index (κ1) is 42.1. The lowest BCUT2D eigenvalue weighted by atomic mass is 9.88. The Morgan fingerprint density at radius 2 is 1.80 bits per heavy atom. The summed E-state index contributed by atoms with van der Waals surface area (Å²) in [5.41, 5.74) is 2.15. The normalized spacial score (nSPS) is 28.5. The quantitative estimate of drug-likeness (QED) is 0.187. The number of ether oxygens (including phenoxy) is 2. The van der Waals surface area contributed by atoms with E-state index in [1.54, 1.807) is 30.8 Å². The van der Waals surface area contributed by atoms with Crippen molar-refractivity contribution in [2.75, 3.05) is 6.54 Å². The molecule has 17 heteroatoms. The van der Waals surface area contributed by atoms with Crippen molar-refractivity contribution in [3.8, 4) is 33.3 Å². The monoisotopic (exact) mass is 848 g/mol. The van der Waals surface area contributed by atoms with Gasteiger partial charge in [-0.3, -0.25) is 24.1 Å². The van der Waals surface area contributed by atoms with Crippen molar-refractivity contribution in [3.63, 3.8) is 0 Å². The number of nitrogens with zero attached hydrogens (tertiary/aromatic N) is 3. The molecule has 7 atom stereocenters. The molecule has 316 valence electrons. The topological polar surface area (TPSA) is 206 Å². The first-order valence-corrected chi connectivity index (χ1v) is 22.5. The summed E-state index contributed by atoms with van der Waals surface area (Å²) < 4.78 is 40.1. The summed E-state index contributed by atoms with van der Waals surface area (Å²) in [6.45, 7) is 9.26. The summed E-state index contributed by atoms with van der Waals surface area (Å²) in [6.07, 6.45) is 6.31. The molecule has 3 aromatic rings. The van der Waals surface area contributed by atoms with Crippen LogP contribution < -0.4 is 24.8 Å². The number of carbonyl (C=O) groups excluding carboxylic acids is 3. The maximum Gasteiger partial charge on any atom is 0.405 e. The fraction of sp³-hybridized carbons (Fsp3) is 0.524. The van der Waals surface area contributed by atoms with Crippen LogP contribution in [0.4, 0.5) is 4.79 Å². The van der Waals surface area contributed by atoms with Crippen LogP contribution in [-0.2, 0) is 24.4 Å². The maximum atomic E-state index is 14.6. The molecule has 0 bridgehead atoms. The van der Waals surface area contributed by atoms with E-state index in [0.717, 1.165) is 16.9 Å².